The Morgan fingerprint density at radius 3 is 2.14 bits per heavy atom. The van der Waals surface area contributed by atoms with Crippen molar-refractivity contribution in [3.8, 4) is 0 Å². The first kappa shape index (κ1) is 24.5. The van der Waals surface area contributed by atoms with Crippen LogP contribution in [0, 0.1) is 11.8 Å². The Labute approximate surface area is 206 Å². The summed E-state index contributed by atoms with van der Waals surface area (Å²) in [4.78, 5) is 41.9. The Kier molecular flexibility index (Phi) is 7.54. The molecule has 1 heterocycles. The number of piperazine rings is 1. The second kappa shape index (κ2) is 10.8. The molecule has 0 aromatic heterocycles. The van der Waals surface area contributed by atoms with E-state index in [4.69, 9.17) is 0 Å². The Bertz CT molecular complexity index is 1100. The molecule has 0 spiro atoms. The number of amides is 2. The number of nitrogens with zero attached hydrogens (tertiary/aromatic N) is 2. The monoisotopic (exact) mass is 474 g/mol. The van der Waals surface area contributed by atoms with E-state index >= 15 is 0 Å². The van der Waals surface area contributed by atoms with E-state index in [2.05, 4.69) is 48.3 Å². The largest absolute Gasteiger partial charge is 0.550 e. The highest BCUT2D eigenvalue weighted by atomic mass is 16.4. The van der Waals surface area contributed by atoms with Crippen molar-refractivity contribution in [1.82, 2.24) is 4.90 Å². The maximum Gasteiger partial charge on any atom is 0.256 e. The molecule has 1 aliphatic carbocycles. The first-order valence-electron chi connectivity index (χ1n) is 12.2. The summed E-state index contributed by atoms with van der Waals surface area (Å²) in [6.45, 7) is 6.95. The van der Waals surface area contributed by atoms with E-state index < -0.39 is 23.7 Å². The molecular weight excluding hydrogens is 442 g/mol. The molecule has 0 saturated carbocycles. The maximum absolute atomic E-state index is 13.4. The number of rotatable bonds is 6. The lowest BCUT2D eigenvalue weighted by Gasteiger charge is -2.36. The number of aliphatic carboxylic acids is 1. The molecule has 2 aliphatic rings. The van der Waals surface area contributed by atoms with Gasteiger partial charge in [0.05, 0.1) is 17.2 Å². The number of benzene rings is 2. The van der Waals surface area contributed by atoms with E-state index in [1.807, 2.05) is 6.08 Å². The summed E-state index contributed by atoms with van der Waals surface area (Å²) >= 11 is 0. The molecular formula is C28H32N3O4-. The van der Waals surface area contributed by atoms with Crippen molar-refractivity contribution in [3.05, 3.63) is 71.8 Å². The van der Waals surface area contributed by atoms with Crippen molar-refractivity contribution in [3.63, 3.8) is 0 Å². The fourth-order valence-electron chi connectivity index (χ4n) is 4.78. The number of nitrogens with one attached hydrogen (secondary N) is 1. The topological polar surface area (TPSA) is 92.8 Å². The summed E-state index contributed by atoms with van der Waals surface area (Å²) in [6, 6.07) is 15.5. The zero-order valence-corrected chi connectivity index (χ0v) is 20.3. The molecule has 184 valence electrons. The van der Waals surface area contributed by atoms with Gasteiger partial charge >= 0.3 is 0 Å². The van der Waals surface area contributed by atoms with Gasteiger partial charge in [0.1, 0.15) is 0 Å². The number of para-hydroxylation sites is 1. The van der Waals surface area contributed by atoms with Gasteiger partial charge < -0.3 is 25.0 Å². The van der Waals surface area contributed by atoms with Crippen molar-refractivity contribution in [1.29, 1.82) is 0 Å². The third-order valence-corrected chi connectivity index (χ3v) is 6.98. The van der Waals surface area contributed by atoms with Crippen molar-refractivity contribution in [2.45, 2.75) is 32.6 Å². The molecule has 1 fully saturated rings. The van der Waals surface area contributed by atoms with Gasteiger partial charge in [-0.3, -0.25) is 9.59 Å². The second-order valence-corrected chi connectivity index (χ2v) is 9.54. The average molecular weight is 475 g/mol. The summed E-state index contributed by atoms with van der Waals surface area (Å²) in [5.41, 5.74) is 3.27. The van der Waals surface area contributed by atoms with Crippen LogP contribution >= 0.6 is 0 Å². The first-order chi connectivity index (χ1) is 16.8. The van der Waals surface area contributed by atoms with Crippen LogP contribution in [0.15, 0.2) is 60.7 Å². The molecule has 7 nitrogen and oxygen atoms in total. The van der Waals surface area contributed by atoms with Gasteiger partial charge in [0, 0.05) is 43.8 Å². The fourth-order valence-corrected chi connectivity index (χ4v) is 4.78. The zero-order chi connectivity index (χ0) is 24.9. The minimum absolute atomic E-state index is 0.143. The third kappa shape index (κ3) is 5.56. The molecule has 1 aliphatic heterocycles. The average Bonchev–Trinajstić information content (AvgIpc) is 2.88. The summed E-state index contributed by atoms with van der Waals surface area (Å²) in [6.07, 6.45) is 4.18. The number of hydrogen-bond acceptors (Lipinski definition) is 5. The first-order valence-corrected chi connectivity index (χ1v) is 12.2. The van der Waals surface area contributed by atoms with E-state index in [0.29, 0.717) is 36.7 Å². The van der Waals surface area contributed by atoms with E-state index in [0.717, 1.165) is 18.8 Å². The van der Waals surface area contributed by atoms with Gasteiger partial charge in [0.25, 0.3) is 5.91 Å². The van der Waals surface area contributed by atoms with Gasteiger partial charge in [-0.2, -0.15) is 0 Å². The molecule has 1 N–H and O–H groups in total. The van der Waals surface area contributed by atoms with Gasteiger partial charge in [-0.1, -0.05) is 50.3 Å². The summed E-state index contributed by atoms with van der Waals surface area (Å²) in [7, 11) is 0. The number of hydrogen-bond donors (Lipinski definition) is 1. The van der Waals surface area contributed by atoms with Crippen LogP contribution in [0.3, 0.4) is 0 Å². The highest BCUT2D eigenvalue weighted by Crippen LogP contribution is 2.28. The van der Waals surface area contributed by atoms with Crippen molar-refractivity contribution >= 4 is 29.2 Å². The minimum Gasteiger partial charge on any atom is -0.550 e. The molecule has 0 radical (unpaired) electrons. The Morgan fingerprint density at radius 1 is 0.886 bits per heavy atom. The molecule has 2 amide bonds. The summed E-state index contributed by atoms with van der Waals surface area (Å²) in [5.74, 6) is -2.88. The predicted molar refractivity (Wildman–Crippen MR) is 134 cm³/mol. The molecule has 7 heteroatoms. The lowest BCUT2D eigenvalue weighted by Crippen LogP contribution is -2.49. The van der Waals surface area contributed by atoms with Crippen molar-refractivity contribution in [2.24, 2.45) is 11.8 Å². The lowest BCUT2D eigenvalue weighted by atomic mass is 9.82. The Hall–Kier alpha value is -3.61. The van der Waals surface area contributed by atoms with E-state index in [9.17, 15) is 19.5 Å². The van der Waals surface area contributed by atoms with Gasteiger partial charge in [0.15, 0.2) is 0 Å². The van der Waals surface area contributed by atoms with Crippen LogP contribution < -0.4 is 15.3 Å². The zero-order valence-electron chi connectivity index (χ0n) is 20.3. The van der Waals surface area contributed by atoms with Crippen LogP contribution in [0.4, 0.5) is 11.4 Å². The maximum atomic E-state index is 13.4. The van der Waals surface area contributed by atoms with Crippen LogP contribution in [0.25, 0.3) is 0 Å². The quantitative estimate of drug-likeness (QED) is 0.650. The predicted octanol–water partition coefficient (Wildman–Crippen LogP) is 3.04. The summed E-state index contributed by atoms with van der Waals surface area (Å²) in [5, 5.41) is 14.3. The van der Waals surface area contributed by atoms with E-state index in [-0.39, 0.29) is 12.3 Å². The van der Waals surface area contributed by atoms with Gasteiger partial charge in [-0.15, -0.1) is 0 Å². The number of anilines is 2. The van der Waals surface area contributed by atoms with Crippen LogP contribution in [0.5, 0.6) is 0 Å². The number of carbonyl (C=O) groups is 3. The standard InChI is InChI=1S/C28H33N3O4/c1-19(2)20-11-13-21(14-12-20)30-15-17-31(18-16-30)27(33)24-9-5-6-10-25(24)29-26(32)22-7-3-4-8-23(22)28(34)35/h3-6,9-14,19,22-23H,7-8,15-18H2,1-2H3,(H,29,32)(H,34,35)/p-1/t22-,23+/m1/s1. The molecule has 0 bridgehead atoms. The van der Waals surface area contributed by atoms with Crippen LogP contribution in [0.2, 0.25) is 0 Å². The van der Waals surface area contributed by atoms with Gasteiger partial charge in [-0.05, 0) is 48.6 Å². The minimum atomic E-state index is -1.23. The molecule has 2 aromatic carbocycles. The molecule has 4 rings (SSSR count). The Balaban J connectivity index is 1.41. The van der Waals surface area contributed by atoms with Crippen molar-refractivity contribution < 1.29 is 19.5 Å². The molecule has 2 aromatic rings. The van der Waals surface area contributed by atoms with Gasteiger partial charge in [0.2, 0.25) is 5.91 Å². The smallest absolute Gasteiger partial charge is 0.256 e. The van der Waals surface area contributed by atoms with Crippen molar-refractivity contribution in [2.75, 3.05) is 36.4 Å². The van der Waals surface area contributed by atoms with Crippen LogP contribution in [0.1, 0.15) is 48.5 Å². The Morgan fingerprint density at radius 2 is 1.51 bits per heavy atom. The van der Waals surface area contributed by atoms with Crippen LogP contribution in [-0.2, 0) is 9.59 Å². The van der Waals surface area contributed by atoms with Crippen LogP contribution in [-0.4, -0.2) is 48.9 Å². The highest BCUT2D eigenvalue weighted by Gasteiger charge is 2.31. The van der Waals surface area contributed by atoms with E-state index in [1.165, 1.54) is 5.56 Å². The molecule has 1 saturated heterocycles. The highest BCUT2D eigenvalue weighted by molar-refractivity contribution is 6.04. The molecule has 0 unspecified atom stereocenters. The number of carboxylic acid groups (broad SMARTS) is 1. The SMILES string of the molecule is CC(C)c1ccc(N2CCN(C(=O)c3ccccc3NC(=O)[C@@H]3CC=CC[C@@H]3C(=O)[O-])CC2)cc1. The number of allylic oxidation sites excluding steroid dienone is 2. The second-order valence-electron chi connectivity index (χ2n) is 9.54. The summed E-state index contributed by atoms with van der Waals surface area (Å²) < 4.78 is 0. The molecule has 35 heavy (non-hydrogen) atoms. The normalized spacial score (nSPS) is 20.1. The number of carbonyl (C=O) groups excluding carboxylic acids is 3. The van der Waals surface area contributed by atoms with E-state index in [1.54, 1.807) is 35.2 Å². The lowest BCUT2D eigenvalue weighted by molar-refractivity contribution is -0.313. The third-order valence-electron chi connectivity index (χ3n) is 6.98. The molecule has 2 atom stereocenters. The fraction of sp³-hybridized carbons (Fsp3) is 0.393. The number of carboxylic acids is 1. The van der Waals surface area contributed by atoms with Gasteiger partial charge in [-0.25, -0.2) is 0 Å².